The number of rotatable bonds is 6. The van der Waals surface area contributed by atoms with Crippen LogP contribution in [0, 0.1) is 36.0 Å². The molecule has 2 fully saturated rings. The molecule has 3 nitrogen and oxygen atoms in total. The fraction of sp³-hybridized carbons (Fsp3) is 0.429. The molecule has 45 heavy (non-hydrogen) atoms. The zero-order valence-electron chi connectivity index (χ0n) is 27.5. The molecule has 230 valence electrons. The molecule has 0 aliphatic heterocycles. The molecule has 0 N–H and O–H groups in total. The van der Waals surface area contributed by atoms with Crippen molar-refractivity contribution in [2.45, 2.75) is 90.9 Å². The number of aryl methyl sites for hydroxylation is 2. The summed E-state index contributed by atoms with van der Waals surface area (Å²) in [6.07, 6.45) is 15.8. The van der Waals surface area contributed by atoms with E-state index in [4.69, 9.17) is 4.42 Å². The van der Waals surface area contributed by atoms with Gasteiger partial charge in [0.05, 0.1) is 17.2 Å². The number of hydrogen-bond acceptors (Lipinski definition) is 2. The van der Waals surface area contributed by atoms with Crippen molar-refractivity contribution in [2.24, 2.45) is 24.8 Å². The van der Waals surface area contributed by atoms with Crippen LogP contribution in [0.1, 0.15) is 99.8 Å². The standard InChI is InChI=1S/C42H47N2O/c1-27(2)24-29-22-23-44(4)38(25-29)39-28(3)10-20-36-37-21-19-35(26-43)40(42(37)45-41(36)39)34-17-15-33(16-18-34)32-13-11-31(12-14-32)30-8-6-5-7-9-30/h10,15-23,25,27,30-32H,5-9,11-14,24H2,1-4H3/q+1. The van der Waals surface area contributed by atoms with Gasteiger partial charge in [-0.05, 0) is 97.1 Å². The van der Waals surface area contributed by atoms with E-state index >= 15 is 0 Å². The minimum absolute atomic E-state index is 0.587. The topological polar surface area (TPSA) is 40.8 Å². The lowest BCUT2D eigenvalue weighted by atomic mass is 9.70. The highest BCUT2D eigenvalue weighted by Gasteiger charge is 2.29. The monoisotopic (exact) mass is 595 g/mol. The van der Waals surface area contributed by atoms with Crippen LogP contribution in [0.5, 0.6) is 0 Å². The van der Waals surface area contributed by atoms with E-state index in [9.17, 15) is 5.26 Å². The summed E-state index contributed by atoms with van der Waals surface area (Å²) in [5, 5.41) is 12.4. The van der Waals surface area contributed by atoms with Crippen LogP contribution in [0.4, 0.5) is 0 Å². The molecule has 7 rings (SSSR count). The number of pyridine rings is 1. The molecule has 3 heteroatoms. The van der Waals surface area contributed by atoms with Crippen LogP contribution in [0.25, 0.3) is 44.3 Å². The summed E-state index contributed by atoms with van der Waals surface area (Å²) in [7, 11) is 2.11. The highest BCUT2D eigenvalue weighted by atomic mass is 16.3. The van der Waals surface area contributed by atoms with Gasteiger partial charge >= 0.3 is 0 Å². The number of hydrogen-bond donors (Lipinski definition) is 0. The first-order chi connectivity index (χ1) is 21.9. The molecule has 2 heterocycles. The lowest BCUT2D eigenvalue weighted by Gasteiger charge is -2.36. The number of fused-ring (bicyclic) bond motifs is 3. The van der Waals surface area contributed by atoms with Crippen LogP contribution >= 0.6 is 0 Å². The van der Waals surface area contributed by atoms with Crippen molar-refractivity contribution in [3.05, 3.63) is 89.1 Å². The molecule has 3 aromatic carbocycles. The summed E-state index contributed by atoms with van der Waals surface area (Å²) >= 11 is 0. The Morgan fingerprint density at radius 3 is 2.16 bits per heavy atom. The average molecular weight is 596 g/mol. The third-order valence-electron chi connectivity index (χ3n) is 11.0. The van der Waals surface area contributed by atoms with Crippen LogP contribution in [0.15, 0.2) is 71.3 Å². The summed E-state index contributed by atoms with van der Waals surface area (Å²) in [4.78, 5) is 0. The lowest BCUT2D eigenvalue weighted by Crippen LogP contribution is -2.31. The Morgan fingerprint density at radius 2 is 1.47 bits per heavy atom. The Kier molecular flexibility index (Phi) is 8.26. The molecule has 0 atom stereocenters. The van der Waals surface area contributed by atoms with Crippen LogP contribution in [-0.2, 0) is 13.5 Å². The third-order valence-corrected chi connectivity index (χ3v) is 11.0. The van der Waals surface area contributed by atoms with Gasteiger partial charge in [-0.3, -0.25) is 0 Å². The quantitative estimate of drug-likeness (QED) is 0.183. The molecule has 0 saturated heterocycles. The molecule has 0 amide bonds. The largest absolute Gasteiger partial charge is 0.454 e. The molecule has 0 radical (unpaired) electrons. The van der Waals surface area contributed by atoms with E-state index in [1.54, 1.807) is 0 Å². The summed E-state index contributed by atoms with van der Waals surface area (Å²) in [5.41, 5.74) is 10.6. The first-order valence-corrected chi connectivity index (χ1v) is 17.4. The SMILES string of the molecule is Cc1ccc2c(oc3c(-c4ccc(C5CCC(C6CCCCC6)CC5)cc4)c(C#N)ccc32)c1-c1cc(CC(C)C)cc[n+]1C. The Morgan fingerprint density at radius 1 is 0.800 bits per heavy atom. The van der Waals surface area contributed by atoms with Gasteiger partial charge in [0.25, 0.3) is 0 Å². The number of aromatic nitrogens is 1. The van der Waals surface area contributed by atoms with E-state index in [1.165, 1.54) is 74.5 Å². The minimum Gasteiger partial charge on any atom is -0.454 e. The third kappa shape index (κ3) is 5.69. The predicted molar refractivity (Wildman–Crippen MR) is 185 cm³/mol. The van der Waals surface area contributed by atoms with Gasteiger partial charge in [-0.1, -0.05) is 82.3 Å². The van der Waals surface area contributed by atoms with Crippen molar-refractivity contribution >= 4 is 21.9 Å². The maximum absolute atomic E-state index is 10.2. The molecule has 0 unspecified atom stereocenters. The number of benzene rings is 3. The zero-order chi connectivity index (χ0) is 31.1. The van der Waals surface area contributed by atoms with Crippen LogP contribution < -0.4 is 4.57 Å². The Balaban J connectivity index is 1.25. The molecule has 2 aliphatic rings. The van der Waals surface area contributed by atoms with Gasteiger partial charge in [0.15, 0.2) is 6.20 Å². The normalized spacial score (nSPS) is 19.4. The number of furan rings is 1. The summed E-state index contributed by atoms with van der Waals surface area (Å²) < 4.78 is 9.07. The second kappa shape index (κ2) is 12.5. The van der Waals surface area contributed by atoms with Gasteiger partial charge in [-0.15, -0.1) is 0 Å². The number of nitrogens with zero attached hydrogens (tertiary/aromatic N) is 2. The van der Waals surface area contributed by atoms with Crippen molar-refractivity contribution in [3.8, 4) is 28.5 Å². The maximum atomic E-state index is 10.2. The molecule has 5 aromatic rings. The molecule has 2 aromatic heterocycles. The first kappa shape index (κ1) is 29.8. The van der Waals surface area contributed by atoms with Crippen molar-refractivity contribution in [2.75, 3.05) is 0 Å². The van der Waals surface area contributed by atoms with Crippen molar-refractivity contribution < 1.29 is 8.98 Å². The zero-order valence-corrected chi connectivity index (χ0v) is 27.5. The minimum atomic E-state index is 0.587. The van der Waals surface area contributed by atoms with Crippen molar-refractivity contribution in [1.82, 2.24) is 0 Å². The van der Waals surface area contributed by atoms with Gasteiger partial charge in [0.2, 0.25) is 5.69 Å². The van der Waals surface area contributed by atoms with E-state index in [1.807, 2.05) is 6.07 Å². The molecular weight excluding hydrogens is 548 g/mol. The summed E-state index contributed by atoms with van der Waals surface area (Å²) in [6.45, 7) is 6.70. The molecular formula is C42H47N2O+. The van der Waals surface area contributed by atoms with Crippen LogP contribution in [-0.4, -0.2) is 0 Å². The second-order valence-corrected chi connectivity index (χ2v) is 14.5. The lowest BCUT2D eigenvalue weighted by molar-refractivity contribution is -0.660. The van der Waals surface area contributed by atoms with Gasteiger partial charge in [0.1, 0.15) is 18.2 Å². The Hall–Kier alpha value is -3.90. The smallest absolute Gasteiger partial charge is 0.216 e. The number of nitriles is 1. The van der Waals surface area contributed by atoms with E-state index in [0.717, 1.165) is 62.6 Å². The Labute approximate surface area is 268 Å². The predicted octanol–water partition coefficient (Wildman–Crippen LogP) is 11.0. The molecule has 2 saturated carbocycles. The van der Waals surface area contributed by atoms with Gasteiger partial charge in [-0.2, -0.15) is 5.26 Å². The average Bonchev–Trinajstić information content (AvgIpc) is 3.44. The molecule has 2 aliphatic carbocycles. The summed E-state index contributed by atoms with van der Waals surface area (Å²) in [5.74, 6) is 3.15. The second-order valence-electron chi connectivity index (χ2n) is 14.5. The van der Waals surface area contributed by atoms with Crippen LogP contribution in [0.2, 0.25) is 0 Å². The van der Waals surface area contributed by atoms with Gasteiger partial charge in [-0.25, -0.2) is 4.57 Å². The fourth-order valence-corrected chi connectivity index (χ4v) is 8.61. The fourth-order valence-electron chi connectivity index (χ4n) is 8.61. The summed E-state index contributed by atoms with van der Waals surface area (Å²) in [6, 6.07) is 24.5. The maximum Gasteiger partial charge on any atom is 0.216 e. The van der Waals surface area contributed by atoms with E-state index in [-0.39, 0.29) is 0 Å². The van der Waals surface area contributed by atoms with Crippen LogP contribution in [0.3, 0.4) is 0 Å². The Bertz CT molecular complexity index is 1870. The first-order valence-electron chi connectivity index (χ1n) is 17.4. The van der Waals surface area contributed by atoms with Gasteiger partial charge in [0, 0.05) is 28.5 Å². The molecule has 0 bridgehead atoms. The van der Waals surface area contributed by atoms with Crippen molar-refractivity contribution in [1.29, 1.82) is 5.26 Å². The van der Waals surface area contributed by atoms with E-state index in [0.29, 0.717) is 17.4 Å². The highest BCUT2D eigenvalue weighted by Crippen LogP contribution is 2.45. The van der Waals surface area contributed by atoms with Gasteiger partial charge < -0.3 is 4.42 Å². The van der Waals surface area contributed by atoms with E-state index in [2.05, 4.69) is 99.2 Å². The highest BCUT2D eigenvalue weighted by molar-refractivity contribution is 6.14. The molecule has 0 spiro atoms. The van der Waals surface area contributed by atoms with Crippen molar-refractivity contribution in [3.63, 3.8) is 0 Å². The van der Waals surface area contributed by atoms with E-state index < -0.39 is 0 Å².